The predicted molar refractivity (Wildman–Crippen MR) is 64.1 cm³/mol. The van der Waals surface area contributed by atoms with Gasteiger partial charge in [-0.1, -0.05) is 24.3 Å². The van der Waals surface area contributed by atoms with E-state index >= 15 is 0 Å². The molecule has 1 aromatic carbocycles. The van der Waals surface area contributed by atoms with Gasteiger partial charge in [0.15, 0.2) is 5.78 Å². The van der Waals surface area contributed by atoms with E-state index in [4.69, 9.17) is 4.74 Å². The zero-order valence-corrected chi connectivity index (χ0v) is 9.70. The standard InChI is InChI=1S/C14H14O2/c1-9(10(2)16-3)13-8-14(15)12-7-5-4-6-11(12)13/h4-8H,1-3H3/b10-9-. The Morgan fingerprint density at radius 1 is 1.12 bits per heavy atom. The molecule has 2 nitrogen and oxygen atoms in total. The van der Waals surface area contributed by atoms with Crippen molar-refractivity contribution in [2.24, 2.45) is 0 Å². The molecule has 0 heterocycles. The molecule has 0 aliphatic heterocycles. The van der Waals surface area contributed by atoms with Crippen molar-refractivity contribution >= 4 is 11.4 Å². The van der Waals surface area contributed by atoms with Crippen molar-refractivity contribution in [3.63, 3.8) is 0 Å². The highest BCUT2D eigenvalue weighted by molar-refractivity contribution is 6.18. The van der Waals surface area contributed by atoms with Crippen LogP contribution in [-0.2, 0) is 4.74 Å². The Labute approximate surface area is 95.2 Å². The summed E-state index contributed by atoms with van der Waals surface area (Å²) in [5, 5.41) is 0. The molecule has 16 heavy (non-hydrogen) atoms. The minimum absolute atomic E-state index is 0.0776. The summed E-state index contributed by atoms with van der Waals surface area (Å²) in [4.78, 5) is 11.8. The van der Waals surface area contributed by atoms with Gasteiger partial charge in [0.1, 0.15) is 0 Å². The van der Waals surface area contributed by atoms with E-state index in [9.17, 15) is 4.79 Å². The van der Waals surface area contributed by atoms with Crippen LogP contribution in [0.1, 0.15) is 29.8 Å². The van der Waals surface area contributed by atoms with Gasteiger partial charge in [-0.15, -0.1) is 0 Å². The summed E-state index contributed by atoms with van der Waals surface area (Å²) in [5.74, 6) is 0.921. The first-order valence-electron chi connectivity index (χ1n) is 5.22. The maximum Gasteiger partial charge on any atom is 0.187 e. The van der Waals surface area contributed by atoms with Crippen LogP contribution in [0.25, 0.3) is 5.57 Å². The Kier molecular flexibility index (Phi) is 2.65. The number of benzene rings is 1. The molecule has 0 radical (unpaired) electrons. The van der Waals surface area contributed by atoms with E-state index in [0.717, 1.165) is 28.0 Å². The summed E-state index contributed by atoms with van der Waals surface area (Å²) in [5.41, 5.74) is 3.77. The number of hydrogen-bond acceptors (Lipinski definition) is 2. The SMILES string of the molecule is CO/C(C)=C(/C)C1=CC(=O)c2ccccc21. The lowest BCUT2D eigenvalue weighted by Gasteiger charge is -2.08. The summed E-state index contributed by atoms with van der Waals surface area (Å²) in [6.45, 7) is 3.88. The van der Waals surface area contributed by atoms with Crippen LogP contribution in [0.2, 0.25) is 0 Å². The number of ketones is 1. The Morgan fingerprint density at radius 2 is 1.75 bits per heavy atom. The quantitative estimate of drug-likeness (QED) is 0.706. The lowest BCUT2D eigenvalue weighted by Crippen LogP contribution is -1.92. The number of methoxy groups -OCH3 is 1. The van der Waals surface area contributed by atoms with Crippen molar-refractivity contribution < 1.29 is 9.53 Å². The van der Waals surface area contributed by atoms with Gasteiger partial charge in [0, 0.05) is 5.56 Å². The molecule has 0 bridgehead atoms. The molecule has 1 aliphatic rings. The van der Waals surface area contributed by atoms with Gasteiger partial charge in [-0.2, -0.15) is 0 Å². The topological polar surface area (TPSA) is 26.3 Å². The first-order chi connectivity index (χ1) is 7.65. The van der Waals surface area contributed by atoms with Crippen molar-refractivity contribution in [3.05, 3.63) is 52.8 Å². The van der Waals surface area contributed by atoms with Crippen LogP contribution >= 0.6 is 0 Å². The summed E-state index contributed by atoms with van der Waals surface area (Å²) in [6.07, 6.45) is 1.68. The number of carbonyl (C=O) groups excluding carboxylic acids is 1. The van der Waals surface area contributed by atoms with Crippen LogP contribution in [0, 0.1) is 0 Å². The first-order valence-corrected chi connectivity index (χ1v) is 5.22. The molecule has 0 amide bonds. The molecule has 0 spiro atoms. The van der Waals surface area contributed by atoms with Crippen molar-refractivity contribution in [1.29, 1.82) is 0 Å². The molecule has 2 heteroatoms. The smallest absolute Gasteiger partial charge is 0.187 e. The van der Waals surface area contributed by atoms with E-state index in [1.165, 1.54) is 0 Å². The number of allylic oxidation sites excluding steroid dienone is 4. The number of carbonyl (C=O) groups is 1. The third-order valence-electron chi connectivity index (χ3n) is 3.00. The molecule has 2 rings (SSSR count). The fraction of sp³-hybridized carbons (Fsp3) is 0.214. The average Bonchev–Trinajstić information content (AvgIpc) is 2.65. The fourth-order valence-corrected chi connectivity index (χ4v) is 1.87. The lowest BCUT2D eigenvalue weighted by molar-refractivity contribution is 0.105. The van der Waals surface area contributed by atoms with Crippen LogP contribution < -0.4 is 0 Å². The largest absolute Gasteiger partial charge is 0.501 e. The molecule has 0 N–H and O–H groups in total. The number of hydrogen-bond donors (Lipinski definition) is 0. The van der Waals surface area contributed by atoms with Gasteiger partial charge in [-0.3, -0.25) is 4.79 Å². The van der Waals surface area contributed by atoms with Crippen LogP contribution in [0.15, 0.2) is 41.7 Å². The van der Waals surface area contributed by atoms with Gasteiger partial charge in [0.2, 0.25) is 0 Å². The molecule has 82 valence electrons. The highest BCUT2D eigenvalue weighted by atomic mass is 16.5. The molecule has 0 fully saturated rings. The van der Waals surface area contributed by atoms with E-state index in [2.05, 4.69) is 0 Å². The van der Waals surface area contributed by atoms with Crippen LogP contribution in [0.5, 0.6) is 0 Å². The van der Waals surface area contributed by atoms with Crippen molar-refractivity contribution in [1.82, 2.24) is 0 Å². The van der Waals surface area contributed by atoms with Crippen molar-refractivity contribution in [2.75, 3.05) is 7.11 Å². The maximum absolute atomic E-state index is 11.8. The molecule has 0 atom stereocenters. The van der Waals surface area contributed by atoms with Crippen LogP contribution in [0.3, 0.4) is 0 Å². The maximum atomic E-state index is 11.8. The van der Waals surface area contributed by atoms with Crippen molar-refractivity contribution in [2.45, 2.75) is 13.8 Å². The molecule has 1 aromatic rings. The zero-order chi connectivity index (χ0) is 11.7. The highest BCUT2D eigenvalue weighted by Gasteiger charge is 2.22. The van der Waals surface area contributed by atoms with Gasteiger partial charge in [-0.05, 0) is 36.6 Å². The molecule has 1 aliphatic carbocycles. The third kappa shape index (κ3) is 1.56. The Hall–Kier alpha value is -1.83. The molecule has 0 unspecified atom stereocenters. The van der Waals surface area contributed by atoms with Crippen molar-refractivity contribution in [3.8, 4) is 0 Å². The first kappa shape index (κ1) is 10.7. The minimum atomic E-state index is 0.0776. The lowest BCUT2D eigenvalue weighted by atomic mass is 9.99. The molecule has 0 aromatic heterocycles. The molecular weight excluding hydrogens is 200 g/mol. The fourth-order valence-electron chi connectivity index (χ4n) is 1.87. The molecule has 0 saturated carbocycles. The Bertz CT molecular complexity index is 507. The average molecular weight is 214 g/mol. The third-order valence-corrected chi connectivity index (χ3v) is 3.00. The Morgan fingerprint density at radius 3 is 2.38 bits per heavy atom. The second kappa shape index (κ2) is 3.97. The van der Waals surface area contributed by atoms with Gasteiger partial charge < -0.3 is 4.74 Å². The van der Waals surface area contributed by atoms with E-state index in [-0.39, 0.29) is 5.78 Å². The number of ether oxygens (including phenoxy) is 1. The minimum Gasteiger partial charge on any atom is -0.501 e. The second-order valence-electron chi connectivity index (χ2n) is 3.85. The molecule has 0 saturated heterocycles. The van der Waals surface area contributed by atoms with E-state index in [0.29, 0.717) is 0 Å². The van der Waals surface area contributed by atoms with Crippen LogP contribution in [0.4, 0.5) is 0 Å². The Balaban J connectivity index is 2.55. The van der Waals surface area contributed by atoms with E-state index < -0.39 is 0 Å². The second-order valence-corrected chi connectivity index (χ2v) is 3.85. The predicted octanol–water partition coefficient (Wildman–Crippen LogP) is 3.21. The monoisotopic (exact) mass is 214 g/mol. The number of fused-ring (bicyclic) bond motifs is 1. The van der Waals surface area contributed by atoms with E-state index in [1.54, 1.807) is 13.2 Å². The summed E-state index contributed by atoms with van der Waals surface area (Å²) < 4.78 is 5.20. The summed E-state index contributed by atoms with van der Waals surface area (Å²) in [7, 11) is 1.64. The normalized spacial score (nSPS) is 15.4. The van der Waals surface area contributed by atoms with Gasteiger partial charge in [-0.25, -0.2) is 0 Å². The van der Waals surface area contributed by atoms with E-state index in [1.807, 2.05) is 38.1 Å². The summed E-state index contributed by atoms with van der Waals surface area (Å²) >= 11 is 0. The molecular formula is C14H14O2. The van der Waals surface area contributed by atoms with Gasteiger partial charge in [0.25, 0.3) is 0 Å². The highest BCUT2D eigenvalue weighted by Crippen LogP contribution is 2.33. The van der Waals surface area contributed by atoms with Gasteiger partial charge >= 0.3 is 0 Å². The number of rotatable bonds is 2. The van der Waals surface area contributed by atoms with Gasteiger partial charge in [0.05, 0.1) is 12.9 Å². The van der Waals surface area contributed by atoms with Crippen LogP contribution in [-0.4, -0.2) is 12.9 Å². The summed E-state index contributed by atoms with van der Waals surface area (Å²) in [6, 6.07) is 7.66. The zero-order valence-electron chi connectivity index (χ0n) is 9.70.